The molecule has 1 aliphatic rings. The molecule has 0 radical (unpaired) electrons. The van der Waals surface area contributed by atoms with Gasteiger partial charge in [0.2, 0.25) is 0 Å². The van der Waals surface area contributed by atoms with Gasteiger partial charge in [0.05, 0.1) is 24.5 Å². The van der Waals surface area contributed by atoms with Gasteiger partial charge in [-0.1, -0.05) is 6.92 Å². The zero-order valence-electron chi connectivity index (χ0n) is 10.9. The van der Waals surface area contributed by atoms with Crippen LogP contribution in [0.1, 0.15) is 17.3 Å². The molecule has 6 heteroatoms. The number of amides is 1. The quantitative estimate of drug-likeness (QED) is 0.871. The zero-order valence-corrected chi connectivity index (χ0v) is 10.9. The molecule has 1 N–H and O–H groups in total. The van der Waals surface area contributed by atoms with Gasteiger partial charge < -0.3 is 10.1 Å². The summed E-state index contributed by atoms with van der Waals surface area (Å²) in [5.74, 6) is -1.04. The summed E-state index contributed by atoms with van der Waals surface area (Å²) < 4.78 is 18.9. The monoisotopic (exact) mass is 267 g/mol. The average molecular weight is 267 g/mol. The molecule has 1 unspecified atom stereocenters. The van der Waals surface area contributed by atoms with Gasteiger partial charge in [0.15, 0.2) is 5.82 Å². The highest BCUT2D eigenvalue weighted by Gasteiger charge is 2.20. The van der Waals surface area contributed by atoms with Crippen LogP contribution in [-0.4, -0.2) is 54.7 Å². The van der Waals surface area contributed by atoms with E-state index in [0.717, 1.165) is 25.8 Å². The highest BCUT2D eigenvalue weighted by atomic mass is 19.1. The van der Waals surface area contributed by atoms with Crippen molar-refractivity contribution in [2.75, 3.05) is 32.8 Å². The number of pyridine rings is 1. The summed E-state index contributed by atoms with van der Waals surface area (Å²) in [6.45, 7) is 5.81. The summed E-state index contributed by atoms with van der Waals surface area (Å²) in [5.41, 5.74) is 0.0122. The second-order valence-corrected chi connectivity index (χ2v) is 4.45. The number of carbonyl (C=O) groups excluding carboxylic acids is 1. The highest BCUT2D eigenvalue weighted by molar-refractivity contribution is 5.94. The molecule has 1 aliphatic heterocycles. The normalized spacial score (nSPS) is 20.2. The Labute approximate surface area is 111 Å². The Morgan fingerprint density at radius 2 is 2.53 bits per heavy atom. The predicted molar refractivity (Wildman–Crippen MR) is 68.4 cm³/mol. The van der Waals surface area contributed by atoms with Crippen molar-refractivity contribution in [3.05, 3.63) is 29.8 Å². The van der Waals surface area contributed by atoms with Gasteiger partial charge in [-0.25, -0.2) is 4.39 Å². The molecule has 2 rings (SSSR count). The topological polar surface area (TPSA) is 54.5 Å². The molecule has 0 aliphatic carbocycles. The molecule has 2 heterocycles. The molecule has 0 saturated carbocycles. The molecule has 1 aromatic heterocycles. The van der Waals surface area contributed by atoms with Gasteiger partial charge in [-0.2, -0.15) is 0 Å². The lowest BCUT2D eigenvalue weighted by Crippen LogP contribution is -2.47. The molecule has 0 spiro atoms. The van der Waals surface area contributed by atoms with Crippen molar-refractivity contribution in [2.24, 2.45) is 0 Å². The molecular formula is C13H18FN3O2. The number of morpholine rings is 1. The lowest BCUT2D eigenvalue weighted by molar-refractivity contribution is -0.0246. The SMILES string of the molecule is CCN1CCOC(CNC(=O)c2ccncc2F)C1. The molecule has 1 fully saturated rings. The van der Waals surface area contributed by atoms with E-state index in [0.29, 0.717) is 13.2 Å². The fourth-order valence-electron chi connectivity index (χ4n) is 2.05. The third-order valence-electron chi connectivity index (χ3n) is 3.18. The Balaban J connectivity index is 1.85. The van der Waals surface area contributed by atoms with Gasteiger partial charge in [0, 0.05) is 25.8 Å². The van der Waals surface area contributed by atoms with E-state index >= 15 is 0 Å². The third-order valence-corrected chi connectivity index (χ3v) is 3.18. The minimum atomic E-state index is -0.611. The standard InChI is InChI=1S/C13H18FN3O2/c1-2-17-5-6-19-10(9-17)7-16-13(18)11-3-4-15-8-12(11)14/h3-4,8,10H,2,5-7,9H2,1H3,(H,16,18). The zero-order chi connectivity index (χ0) is 13.7. The Kier molecular flexibility index (Phi) is 4.81. The molecule has 0 aromatic carbocycles. The number of nitrogens with zero attached hydrogens (tertiary/aromatic N) is 2. The summed E-state index contributed by atoms with van der Waals surface area (Å²) in [7, 11) is 0. The molecule has 1 saturated heterocycles. The molecule has 1 aromatic rings. The fourth-order valence-corrected chi connectivity index (χ4v) is 2.05. The molecule has 0 bridgehead atoms. The van der Waals surface area contributed by atoms with Crippen LogP contribution in [0.25, 0.3) is 0 Å². The van der Waals surface area contributed by atoms with Crippen LogP contribution < -0.4 is 5.32 Å². The van der Waals surface area contributed by atoms with Gasteiger partial charge in [-0.3, -0.25) is 14.7 Å². The number of nitrogens with one attached hydrogen (secondary N) is 1. The van der Waals surface area contributed by atoms with E-state index in [9.17, 15) is 9.18 Å². The lowest BCUT2D eigenvalue weighted by Gasteiger charge is -2.32. The molecule has 1 amide bonds. The molecule has 19 heavy (non-hydrogen) atoms. The number of hydrogen-bond donors (Lipinski definition) is 1. The van der Waals surface area contributed by atoms with Gasteiger partial charge in [-0.15, -0.1) is 0 Å². The number of halogens is 1. The fraction of sp³-hybridized carbons (Fsp3) is 0.538. The highest BCUT2D eigenvalue weighted by Crippen LogP contribution is 2.06. The number of rotatable bonds is 4. The number of likely N-dealkylation sites (N-methyl/N-ethyl adjacent to an activating group) is 1. The third kappa shape index (κ3) is 3.71. The first-order valence-corrected chi connectivity index (χ1v) is 6.42. The first-order valence-electron chi connectivity index (χ1n) is 6.42. The molecule has 1 atom stereocenters. The van der Waals surface area contributed by atoms with Crippen molar-refractivity contribution in [2.45, 2.75) is 13.0 Å². The van der Waals surface area contributed by atoms with Crippen LogP contribution in [0.5, 0.6) is 0 Å². The van der Waals surface area contributed by atoms with E-state index in [-0.39, 0.29) is 11.7 Å². The molecule has 5 nitrogen and oxygen atoms in total. The Morgan fingerprint density at radius 3 is 3.26 bits per heavy atom. The van der Waals surface area contributed by atoms with Crippen LogP contribution in [-0.2, 0) is 4.74 Å². The van der Waals surface area contributed by atoms with Crippen LogP contribution in [0.3, 0.4) is 0 Å². The Bertz CT molecular complexity index is 442. The van der Waals surface area contributed by atoms with E-state index in [1.165, 1.54) is 12.3 Å². The van der Waals surface area contributed by atoms with E-state index in [4.69, 9.17) is 4.74 Å². The summed E-state index contributed by atoms with van der Waals surface area (Å²) in [6, 6.07) is 1.37. The minimum Gasteiger partial charge on any atom is -0.374 e. The van der Waals surface area contributed by atoms with Crippen molar-refractivity contribution >= 4 is 5.91 Å². The van der Waals surface area contributed by atoms with E-state index in [2.05, 4.69) is 22.1 Å². The molecule has 104 valence electrons. The average Bonchev–Trinajstić information content (AvgIpc) is 2.45. The van der Waals surface area contributed by atoms with Crippen LogP contribution in [0.4, 0.5) is 4.39 Å². The molecular weight excluding hydrogens is 249 g/mol. The predicted octanol–water partition coefficient (Wildman–Crippen LogP) is 0.671. The van der Waals surface area contributed by atoms with Gasteiger partial charge >= 0.3 is 0 Å². The van der Waals surface area contributed by atoms with E-state index < -0.39 is 11.7 Å². The minimum absolute atomic E-state index is 0.0122. The van der Waals surface area contributed by atoms with E-state index in [1.54, 1.807) is 0 Å². The van der Waals surface area contributed by atoms with Crippen LogP contribution in [0, 0.1) is 5.82 Å². The van der Waals surface area contributed by atoms with Gasteiger partial charge in [-0.05, 0) is 12.6 Å². The number of hydrogen-bond acceptors (Lipinski definition) is 4. The lowest BCUT2D eigenvalue weighted by atomic mass is 10.2. The van der Waals surface area contributed by atoms with Crippen molar-refractivity contribution in [3.8, 4) is 0 Å². The maximum atomic E-state index is 13.4. The summed E-state index contributed by atoms with van der Waals surface area (Å²) in [5, 5.41) is 2.70. The van der Waals surface area contributed by atoms with Crippen molar-refractivity contribution in [3.63, 3.8) is 0 Å². The van der Waals surface area contributed by atoms with Crippen molar-refractivity contribution < 1.29 is 13.9 Å². The van der Waals surface area contributed by atoms with Crippen molar-refractivity contribution in [1.29, 1.82) is 0 Å². The van der Waals surface area contributed by atoms with Crippen molar-refractivity contribution in [1.82, 2.24) is 15.2 Å². The number of carbonyl (C=O) groups is 1. The Hall–Kier alpha value is -1.53. The number of aromatic nitrogens is 1. The first kappa shape index (κ1) is 13.9. The smallest absolute Gasteiger partial charge is 0.254 e. The maximum Gasteiger partial charge on any atom is 0.254 e. The van der Waals surface area contributed by atoms with Crippen LogP contribution >= 0.6 is 0 Å². The number of ether oxygens (including phenoxy) is 1. The van der Waals surface area contributed by atoms with Gasteiger partial charge in [0.1, 0.15) is 0 Å². The maximum absolute atomic E-state index is 13.4. The Morgan fingerprint density at radius 1 is 1.68 bits per heavy atom. The van der Waals surface area contributed by atoms with Crippen LogP contribution in [0.15, 0.2) is 18.5 Å². The largest absolute Gasteiger partial charge is 0.374 e. The van der Waals surface area contributed by atoms with E-state index in [1.807, 2.05) is 0 Å². The summed E-state index contributed by atoms with van der Waals surface area (Å²) in [4.78, 5) is 17.7. The summed E-state index contributed by atoms with van der Waals surface area (Å²) >= 11 is 0. The summed E-state index contributed by atoms with van der Waals surface area (Å²) in [6.07, 6.45) is 2.39. The second kappa shape index (κ2) is 6.58. The first-order chi connectivity index (χ1) is 9.20. The van der Waals surface area contributed by atoms with Crippen LogP contribution in [0.2, 0.25) is 0 Å². The second-order valence-electron chi connectivity index (χ2n) is 4.45. The van der Waals surface area contributed by atoms with Gasteiger partial charge in [0.25, 0.3) is 5.91 Å².